The van der Waals surface area contributed by atoms with Crippen LogP contribution in [0.5, 0.6) is 5.75 Å². The molecule has 0 spiro atoms. The molecule has 3 aromatic carbocycles. The summed E-state index contributed by atoms with van der Waals surface area (Å²) in [5.74, 6) is 0.150. The van der Waals surface area contributed by atoms with Gasteiger partial charge in [0.25, 0.3) is 10.0 Å². The first-order valence-corrected chi connectivity index (χ1v) is 9.82. The topological polar surface area (TPSA) is 46.6 Å². The first-order chi connectivity index (χ1) is 12.9. The standard InChI is InChI=1S/C21H20FNO3S/c1-16-4-3-5-17(14-16)15-23(19-8-6-18(22)7-9-19)27(24,25)21-12-10-20(26-2)11-13-21/h3-14H,15H2,1-2H3. The van der Waals surface area contributed by atoms with Gasteiger partial charge in [-0.25, -0.2) is 12.8 Å². The van der Waals surface area contributed by atoms with Gasteiger partial charge in [-0.2, -0.15) is 0 Å². The van der Waals surface area contributed by atoms with Crippen LogP contribution in [-0.2, 0) is 16.6 Å². The normalized spacial score (nSPS) is 11.2. The molecule has 4 nitrogen and oxygen atoms in total. The molecule has 27 heavy (non-hydrogen) atoms. The number of methoxy groups -OCH3 is 1. The molecule has 0 radical (unpaired) electrons. The van der Waals surface area contributed by atoms with Gasteiger partial charge in [0.1, 0.15) is 11.6 Å². The lowest BCUT2D eigenvalue weighted by Crippen LogP contribution is -2.30. The second-order valence-corrected chi connectivity index (χ2v) is 8.01. The summed E-state index contributed by atoms with van der Waals surface area (Å²) in [6.07, 6.45) is 0. The molecule has 3 aromatic rings. The number of sulfonamides is 1. The Morgan fingerprint density at radius 1 is 0.963 bits per heavy atom. The number of hydrogen-bond donors (Lipinski definition) is 0. The molecule has 0 amide bonds. The van der Waals surface area contributed by atoms with E-state index in [0.717, 1.165) is 11.1 Å². The third kappa shape index (κ3) is 4.28. The number of hydrogen-bond acceptors (Lipinski definition) is 3. The van der Waals surface area contributed by atoms with Crippen LogP contribution in [0.4, 0.5) is 10.1 Å². The van der Waals surface area contributed by atoms with E-state index in [1.807, 2.05) is 31.2 Å². The molecule has 0 heterocycles. The van der Waals surface area contributed by atoms with Crippen molar-refractivity contribution in [2.45, 2.75) is 18.4 Å². The summed E-state index contributed by atoms with van der Waals surface area (Å²) >= 11 is 0. The van der Waals surface area contributed by atoms with Gasteiger partial charge in [-0.05, 0) is 61.0 Å². The van der Waals surface area contributed by atoms with Crippen LogP contribution >= 0.6 is 0 Å². The average Bonchev–Trinajstić information content (AvgIpc) is 2.67. The van der Waals surface area contributed by atoms with E-state index in [0.29, 0.717) is 11.4 Å². The fourth-order valence-corrected chi connectivity index (χ4v) is 4.23. The summed E-state index contributed by atoms with van der Waals surface area (Å²) in [6.45, 7) is 2.09. The Morgan fingerprint density at radius 2 is 1.63 bits per heavy atom. The number of benzene rings is 3. The van der Waals surface area contributed by atoms with Gasteiger partial charge in [-0.15, -0.1) is 0 Å². The quantitative estimate of drug-likeness (QED) is 0.626. The Balaban J connectivity index is 2.05. The van der Waals surface area contributed by atoms with Crippen molar-refractivity contribution >= 4 is 15.7 Å². The molecule has 0 fully saturated rings. The molecule has 0 saturated carbocycles. The highest BCUT2D eigenvalue weighted by Gasteiger charge is 2.25. The molecule has 0 unspecified atom stereocenters. The van der Waals surface area contributed by atoms with E-state index < -0.39 is 15.8 Å². The maximum Gasteiger partial charge on any atom is 0.264 e. The maximum absolute atomic E-state index is 13.4. The highest BCUT2D eigenvalue weighted by atomic mass is 32.2. The molecule has 0 N–H and O–H groups in total. The van der Waals surface area contributed by atoms with E-state index in [1.54, 1.807) is 12.1 Å². The molecule has 0 saturated heterocycles. The predicted molar refractivity (Wildman–Crippen MR) is 104 cm³/mol. The van der Waals surface area contributed by atoms with Gasteiger partial charge in [0.2, 0.25) is 0 Å². The molecule has 0 bridgehead atoms. The van der Waals surface area contributed by atoms with E-state index in [-0.39, 0.29) is 11.4 Å². The highest BCUT2D eigenvalue weighted by Crippen LogP contribution is 2.27. The Morgan fingerprint density at radius 3 is 2.22 bits per heavy atom. The Labute approximate surface area is 158 Å². The zero-order valence-electron chi connectivity index (χ0n) is 15.1. The Bertz CT molecular complexity index is 1020. The van der Waals surface area contributed by atoms with Gasteiger partial charge >= 0.3 is 0 Å². The zero-order valence-corrected chi connectivity index (χ0v) is 15.9. The minimum atomic E-state index is -3.85. The van der Waals surface area contributed by atoms with E-state index in [2.05, 4.69) is 0 Å². The molecule has 0 aliphatic heterocycles. The number of nitrogens with zero attached hydrogens (tertiary/aromatic N) is 1. The van der Waals surface area contributed by atoms with Gasteiger partial charge < -0.3 is 4.74 Å². The molecule has 0 atom stereocenters. The molecular formula is C21H20FNO3S. The van der Waals surface area contributed by atoms with Crippen molar-refractivity contribution in [3.8, 4) is 5.75 Å². The summed E-state index contributed by atoms with van der Waals surface area (Å²) in [6, 6.07) is 19.3. The van der Waals surface area contributed by atoms with Crippen molar-refractivity contribution in [3.05, 3.63) is 89.7 Å². The predicted octanol–water partition coefficient (Wildman–Crippen LogP) is 4.54. The summed E-state index contributed by atoms with van der Waals surface area (Å²) < 4.78 is 46.3. The zero-order chi connectivity index (χ0) is 19.4. The second-order valence-electron chi connectivity index (χ2n) is 6.15. The maximum atomic E-state index is 13.4. The van der Waals surface area contributed by atoms with E-state index in [4.69, 9.17) is 4.74 Å². The monoisotopic (exact) mass is 385 g/mol. The van der Waals surface area contributed by atoms with Crippen LogP contribution < -0.4 is 9.04 Å². The van der Waals surface area contributed by atoms with Crippen LogP contribution in [0.15, 0.2) is 77.7 Å². The van der Waals surface area contributed by atoms with Gasteiger partial charge in [-0.1, -0.05) is 29.8 Å². The van der Waals surface area contributed by atoms with Crippen molar-refractivity contribution in [2.24, 2.45) is 0 Å². The fraction of sp³-hybridized carbons (Fsp3) is 0.143. The van der Waals surface area contributed by atoms with Crippen molar-refractivity contribution in [2.75, 3.05) is 11.4 Å². The molecule has 3 rings (SSSR count). The summed E-state index contributed by atoms with van der Waals surface area (Å²) in [7, 11) is -2.33. The van der Waals surface area contributed by atoms with Crippen LogP contribution in [0.3, 0.4) is 0 Å². The smallest absolute Gasteiger partial charge is 0.264 e. The lowest BCUT2D eigenvalue weighted by atomic mass is 10.1. The van der Waals surface area contributed by atoms with Crippen molar-refractivity contribution < 1.29 is 17.5 Å². The number of aryl methyl sites for hydroxylation is 1. The van der Waals surface area contributed by atoms with Gasteiger partial charge in [0, 0.05) is 0 Å². The van der Waals surface area contributed by atoms with Crippen molar-refractivity contribution in [3.63, 3.8) is 0 Å². The van der Waals surface area contributed by atoms with E-state index >= 15 is 0 Å². The summed E-state index contributed by atoms with van der Waals surface area (Å²) in [5, 5.41) is 0. The molecule has 0 aliphatic carbocycles. The van der Waals surface area contributed by atoms with Gasteiger partial charge in [0.05, 0.1) is 24.2 Å². The van der Waals surface area contributed by atoms with Crippen LogP contribution in [0.2, 0.25) is 0 Å². The molecule has 0 aromatic heterocycles. The van der Waals surface area contributed by atoms with Crippen molar-refractivity contribution in [1.29, 1.82) is 0 Å². The van der Waals surface area contributed by atoms with Crippen LogP contribution in [0, 0.1) is 12.7 Å². The molecule has 140 valence electrons. The van der Waals surface area contributed by atoms with Crippen LogP contribution in [0.1, 0.15) is 11.1 Å². The van der Waals surface area contributed by atoms with Crippen LogP contribution in [-0.4, -0.2) is 15.5 Å². The number of ether oxygens (including phenoxy) is 1. The second kappa shape index (κ2) is 7.80. The molecular weight excluding hydrogens is 365 g/mol. The minimum Gasteiger partial charge on any atom is -0.497 e. The van der Waals surface area contributed by atoms with Gasteiger partial charge in [0.15, 0.2) is 0 Å². The first-order valence-electron chi connectivity index (χ1n) is 8.38. The number of halogens is 1. The van der Waals surface area contributed by atoms with Gasteiger partial charge in [-0.3, -0.25) is 4.31 Å². The SMILES string of the molecule is COc1ccc(S(=O)(=O)N(Cc2cccc(C)c2)c2ccc(F)cc2)cc1. The van der Waals surface area contributed by atoms with Crippen LogP contribution in [0.25, 0.3) is 0 Å². The minimum absolute atomic E-state index is 0.139. The third-order valence-electron chi connectivity index (χ3n) is 4.17. The lowest BCUT2D eigenvalue weighted by Gasteiger charge is -2.25. The summed E-state index contributed by atoms with van der Waals surface area (Å²) in [5.41, 5.74) is 2.28. The fourth-order valence-electron chi connectivity index (χ4n) is 2.77. The average molecular weight is 385 g/mol. The Kier molecular flexibility index (Phi) is 5.46. The molecule has 0 aliphatic rings. The number of rotatable bonds is 6. The van der Waals surface area contributed by atoms with E-state index in [9.17, 15) is 12.8 Å². The Hall–Kier alpha value is -2.86. The largest absolute Gasteiger partial charge is 0.497 e. The summed E-state index contributed by atoms with van der Waals surface area (Å²) in [4.78, 5) is 0.139. The third-order valence-corrected chi connectivity index (χ3v) is 5.96. The lowest BCUT2D eigenvalue weighted by molar-refractivity contribution is 0.414. The van der Waals surface area contributed by atoms with Crippen molar-refractivity contribution in [1.82, 2.24) is 0 Å². The first kappa shape index (κ1) is 18.9. The molecule has 6 heteroatoms. The van der Waals surface area contributed by atoms with E-state index in [1.165, 1.54) is 47.8 Å². The highest BCUT2D eigenvalue weighted by molar-refractivity contribution is 7.92. The number of anilines is 1.